The Morgan fingerprint density at radius 2 is 1.85 bits per heavy atom. The molecule has 2 atom stereocenters. The highest BCUT2D eigenvalue weighted by molar-refractivity contribution is 4.86. The molecule has 1 aliphatic heterocycles. The number of ether oxygens (including phenoxy) is 1. The second kappa shape index (κ2) is 8.35. The van der Waals surface area contributed by atoms with E-state index in [1.807, 2.05) is 0 Å². The van der Waals surface area contributed by atoms with Gasteiger partial charge in [-0.2, -0.15) is 0 Å². The average Bonchev–Trinajstić information content (AvgIpc) is 2.92. The third-order valence-electron chi connectivity index (χ3n) is 5.39. The van der Waals surface area contributed by atoms with Crippen molar-refractivity contribution in [2.75, 3.05) is 33.4 Å². The molecule has 0 amide bonds. The molecule has 3 heteroatoms. The van der Waals surface area contributed by atoms with Crippen LogP contribution in [0.5, 0.6) is 0 Å². The fourth-order valence-electron chi connectivity index (χ4n) is 3.85. The van der Waals surface area contributed by atoms with Gasteiger partial charge < -0.3 is 15.0 Å². The monoisotopic (exact) mass is 282 g/mol. The minimum absolute atomic E-state index is 0.574. The Kier molecular flexibility index (Phi) is 6.79. The van der Waals surface area contributed by atoms with Crippen LogP contribution in [-0.2, 0) is 4.74 Å². The first-order valence-corrected chi connectivity index (χ1v) is 8.75. The normalized spacial score (nSPS) is 34.8. The molecule has 2 unspecified atom stereocenters. The molecule has 0 aromatic carbocycles. The van der Waals surface area contributed by atoms with Crippen molar-refractivity contribution in [2.45, 2.75) is 64.5 Å². The van der Waals surface area contributed by atoms with E-state index in [0.717, 1.165) is 31.7 Å². The lowest BCUT2D eigenvalue weighted by Gasteiger charge is -2.36. The second-order valence-corrected chi connectivity index (χ2v) is 6.88. The Morgan fingerprint density at radius 3 is 2.50 bits per heavy atom. The molecule has 1 saturated heterocycles. The lowest BCUT2D eigenvalue weighted by atomic mass is 9.84. The van der Waals surface area contributed by atoms with Crippen LogP contribution < -0.4 is 5.32 Å². The van der Waals surface area contributed by atoms with Crippen LogP contribution in [0.2, 0.25) is 0 Å². The van der Waals surface area contributed by atoms with Crippen molar-refractivity contribution in [1.82, 2.24) is 10.2 Å². The molecule has 0 aromatic heterocycles. The van der Waals surface area contributed by atoms with Gasteiger partial charge in [-0.3, -0.25) is 0 Å². The summed E-state index contributed by atoms with van der Waals surface area (Å²) in [6.45, 7) is 8.74. The van der Waals surface area contributed by atoms with E-state index < -0.39 is 0 Å². The van der Waals surface area contributed by atoms with Gasteiger partial charge in [-0.25, -0.2) is 0 Å². The minimum atomic E-state index is 0.574. The largest absolute Gasteiger partial charge is 0.379 e. The maximum Gasteiger partial charge on any atom is 0.0623 e. The summed E-state index contributed by atoms with van der Waals surface area (Å²) < 4.78 is 5.70. The number of hydrogen-bond acceptors (Lipinski definition) is 3. The standard InChI is InChI=1S/C17H34N2O/c1-4-10-18-17-13-20-12-15(17)11-19(3)16-8-6-14(5-2)7-9-16/h14-18H,4-13H2,1-3H3. The zero-order chi connectivity index (χ0) is 14.4. The molecular formula is C17H34N2O. The number of nitrogens with zero attached hydrogens (tertiary/aromatic N) is 1. The quantitative estimate of drug-likeness (QED) is 0.777. The van der Waals surface area contributed by atoms with Gasteiger partial charge in [0, 0.05) is 24.5 Å². The fraction of sp³-hybridized carbons (Fsp3) is 1.00. The molecule has 20 heavy (non-hydrogen) atoms. The van der Waals surface area contributed by atoms with Gasteiger partial charge in [-0.15, -0.1) is 0 Å². The summed E-state index contributed by atoms with van der Waals surface area (Å²) in [5.74, 6) is 1.67. The number of hydrogen-bond donors (Lipinski definition) is 1. The predicted octanol–water partition coefficient (Wildman–Crippen LogP) is 2.90. The summed E-state index contributed by atoms with van der Waals surface area (Å²) in [4.78, 5) is 2.62. The molecule has 1 saturated carbocycles. The first kappa shape index (κ1) is 16.3. The number of rotatable bonds is 7. The number of nitrogens with one attached hydrogen (secondary N) is 1. The van der Waals surface area contributed by atoms with Crippen molar-refractivity contribution in [2.24, 2.45) is 11.8 Å². The van der Waals surface area contributed by atoms with Crippen LogP contribution in [0, 0.1) is 11.8 Å². The molecule has 1 N–H and O–H groups in total. The van der Waals surface area contributed by atoms with Crippen molar-refractivity contribution >= 4 is 0 Å². The zero-order valence-corrected chi connectivity index (χ0v) is 13.7. The molecule has 2 fully saturated rings. The van der Waals surface area contributed by atoms with E-state index in [2.05, 4.69) is 31.1 Å². The summed E-state index contributed by atoms with van der Waals surface area (Å²) >= 11 is 0. The molecule has 118 valence electrons. The lowest BCUT2D eigenvalue weighted by molar-refractivity contribution is 0.129. The van der Waals surface area contributed by atoms with Gasteiger partial charge in [-0.05, 0) is 51.6 Å². The smallest absolute Gasteiger partial charge is 0.0623 e. The highest BCUT2D eigenvalue weighted by atomic mass is 16.5. The minimum Gasteiger partial charge on any atom is -0.379 e. The fourth-order valence-corrected chi connectivity index (χ4v) is 3.85. The molecule has 0 aromatic rings. The summed E-state index contributed by atoms with van der Waals surface area (Å²) in [5.41, 5.74) is 0. The van der Waals surface area contributed by atoms with Gasteiger partial charge in [0.1, 0.15) is 0 Å². The summed E-state index contributed by atoms with van der Waals surface area (Å²) in [6, 6.07) is 1.38. The second-order valence-electron chi connectivity index (χ2n) is 6.88. The van der Waals surface area contributed by atoms with Crippen molar-refractivity contribution in [3.05, 3.63) is 0 Å². The molecular weight excluding hydrogens is 248 g/mol. The van der Waals surface area contributed by atoms with E-state index in [0.29, 0.717) is 12.0 Å². The highest BCUT2D eigenvalue weighted by Gasteiger charge is 2.31. The van der Waals surface area contributed by atoms with E-state index >= 15 is 0 Å². The molecule has 0 radical (unpaired) electrons. The zero-order valence-electron chi connectivity index (χ0n) is 13.7. The van der Waals surface area contributed by atoms with Gasteiger partial charge in [0.05, 0.1) is 13.2 Å². The third-order valence-corrected chi connectivity index (χ3v) is 5.39. The van der Waals surface area contributed by atoms with E-state index in [-0.39, 0.29) is 0 Å². The Morgan fingerprint density at radius 1 is 1.10 bits per heavy atom. The van der Waals surface area contributed by atoms with Gasteiger partial charge in [0.2, 0.25) is 0 Å². The Hall–Kier alpha value is -0.120. The molecule has 0 bridgehead atoms. The molecule has 2 aliphatic rings. The molecule has 0 spiro atoms. The van der Waals surface area contributed by atoms with Gasteiger partial charge in [0.25, 0.3) is 0 Å². The van der Waals surface area contributed by atoms with E-state index in [9.17, 15) is 0 Å². The average molecular weight is 282 g/mol. The summed E-state index contributed by atoms with van der Waals surface area (Å²) in [5, 5.41) is 3.65. The Balaban J connectivity index is 1.74. The summed E-state index contributed by atoms with van der Waals surface area (Å²) in [7, 11) is 2.33. The van der Waals surface area contributed by atoms with Gasteiger partial charge >= 0.3 is 0 Å². The molecule has 1 heterocycles. The van der Waals surface area contributed by atoms with Crippen LogP contribution in [0.15, 0.2) is 0 Å². The van der Waals surface area contributed by atoms with Crippen molar-refractivity contribution in [3.63, 3.8) is 0 Å². The van der Waals surface area contributed by atoms with Crippen LogP contribution in [-0.4, -0.2) is 50.3 Å². The van der Waals surface area contributed by atoms with Crippen LogP contribution >= 0.6 is 0 Å². The Bertz CT molecular complexity index is 264. The van der Waals surface area contributed by atoms with Crippen LogP contribution in [0.25, 0.3) is 0 Å². The third kappa shape index (κ3) is 4.44. The Labute approximate surface area is 125 Å². The van der Waals surface area contributed by atoms with Crippen molar-refractivity contribution in [3.8, 4) is 0 Å². The first-order valence-electron chi connectivity index (χ1n) is 8.75. The SMILES string of the molecule is CCCNC1COCC1CN(C)C1CCC(CC)CC1. The van der Waals surface area contributed by atoms with Crippen LogP contribution in [0.3, 0.4) is 0 Å². The van der Waals surface area contributed by atoms with Crippen LogP contribution in [0.1, 0.15) is 52.4 Å². The summed E-state index contributed by atoms with van der Waals surface area (Å²) in [6.07, 6.45) is 8.25. The predicted molar refractivity (Wildman–Crippen MR) is 85.1 cm³/mol. The van der Waals surface area contributed by atoms with E-state index in [4.69, 9.17) is 4.74 Å². The van der Waals surface area contributed by atoms with E-state index in [1.54, 1.807) is 0 Å². The van der Waals surface area contributed by atoms with Gasteiger partial charge in [0.15, 0.2) is 0 Å². The van der Waals surface area contributed by atoms with Gasteiger partial charge in [-0.1, -0.05) is 20.3 Å². The van der Waals surface area contributed by atoms with Crippen LogP contribution in [0.4, 0.5) is 0 Å². The van der Waals surface area contributed by atoms with Crippen molar-refractivity contribution in [1.29, 1.82) is 0 Å². The molecule has 1 aliphatic carbocycles. The first-order chi connectivity index (χ1) is 9.74. The lowest BCUT2D eigenvalue weighted by Crippen LogP contribution is -2.44. The van der Waals surface area contributed by atoms with E-state index in [1.165, 1.54) is 45.1 Å². The highest BCUT2D eigenvalue weighted by Crippen LogP contribution is 2.29. The maximum absolute atomic E-state index is 5.70. The topological polar surface area (TPSA) is 24.5 Å². The molecule has 3 nitrogen and oxygen atoms in total. The maximum atomic E-state index is 5.70. The molecule has 2 rings (SSSR count). The van der Waals surface area contributed by atoms with Crippen molar-refractivity contribution < 1.29 is 4.74 Å².